The van der Waals surface area contributed by atoms with Crippen molar-refractivity contribution in [3.63, 3.8) is 0 Å². The zero-order valence-electron chi connectivity index (χ0n) is 10.7. The first-order valence-electron chi connectivity index (χ1n) is 6.40. The highest BCUT2D eigenvalue weighted by atomic mass is 32.1. The van der Waals surface area contributed by atoms with Gasteiger partial charge in [-0.2, -0.15) is 0 Å². The number of rotatable bonds is 3. The van der Waals surface area contributed by atoms with Gasteiger partial charge in [0.15, 0.2) is 5.13 Å². The number of amides is 1. The third-order valence-corrected chi connectivity index (χ3v) is 4.26. The number of hydrogen-bond acceptors (Lipinski definition) is 4. The van der Waals surface area contributed by atoms with Gasteiger partial charge in [0.25, 0.3) is 5.91 Å². The Hall–Kier alpha value is -1.79. The molecule has 0 saturated carbocycles. The van der Waals surface area contributed by atoms with Crippen LogP contribution in [0.25, 0.3) is 10.4 Å². The van der Waals surface area contributed by atoms with Crippen LogP contribution >= 0.6 is 11.3 Å². The summed E-state index contributed by atoms with van der Waals surface area (Å²) in [6, 6.07) is 9.75. The van der Waals surface area contributed by atoms with Crippen LogP contribution in [0, 0.1) is 0 Å². The van der Waals surface area contributed by atoms with Crippen molar-refractivity contribution in [1.29, 1.82) is 0 Å². The first kappa shape index (κ1) is 13.2. The summed E-state index contributed by atoms with van der Waals surface area (Å²) in [6.45, 7) is 0.590. The van der Waals surface area contributed by atoms with Gasteiger partial charge in [0.1, 0.15) is 0 Å². The maximum atomic E-state index is 14.2. The third kappa shape index (κ3) is 2.57. The Bertz CT molecular complexity index is 608. The fraction of sp³-hybridized carbons (Fsp3) is 0.286. The molecule has 0 aliphatic carbocycles. The summed E-state index contributed by atoms with van der Waals surface area (Å²) in [5, 5.41) is 5.85. The number of hydrogen-bond donors (Lipinski definition) is 2. The molecule has 4 nitrogen and oxygen atoms in total. The lowest BCUT2D eigenvalue weighted by atomic mass is 10.1. The van der Waals surface area contributed by atoms with E-state index in [-0.39, 0.29) is 13.0 Å². The topological polar surface area (TPSA) is 54.0 Å². The van der Waals surface area contributed by atoms with E-state index in [2.05, 4.69) is 15.6 Å². The zero-order valence-corrected chi connectivity index (χ0v) is 11.5. The molecule has 1 saturated heterocycles. The Balaban J connectivity index is 1.73. The molecule has 1 aromatic heterocycles. The largest absolute Gasteiger partial charge is 0.313 e. The highest BCUT2D eigenvalue weighted by Gasteiger charge is 2.41. The molecule has 3 rings (SSSR count). The van der Waals surface area contributed by atoms with Crippen molar-refractivity contribution in [2.75, 3.05) is 18.4 Å². The average molecular weight is 291 g/mol. The highest BCUT2D eigenvalue weighted by molar-refractivity contribution is 7.19. The van der Waals surface area contributed by atoms with Crippen LogP contribution in [0.1, 0.15) is 6.42 Å². The monoisotopic (exact) mass is 291 g/mol. The SMILES string of the molecule is O=C(Nc1ncc(-c2ccccc2)s1)C1(F)CCNC1. The molecule has 1 aliphatic heterocycles. The number of carbonyl (C=O) groups excluding carboxylic acids is 1. The van der Waals surface area contributed by atoms with Crippen LogP contribution in [-0.4, -0.2) is 29.6 Å². The van der Waals surface area contributed by atoms with Crippen molar-refractivity contribution in [2.45, 2.75) is 12.1 Å². The van der Waals surface area contributed by atoms with E-state index in [1.54, 1.807) is 6.20 Å². The fourth-order valence-electron chi connectivity index (χ4n) is 2.13. The smallest absolute Gasteiger partial charge is 0.265 e. The third-order valence-electron chi connectivity index (χ3n) is 3.29. The second kappa shape index (κ2) is 5.30. The number of anilines is 1. The number of nitrogens with one attached hydrogen (secondary N) is 2. The van der Waals surface area contributed by atoms with Crippen molar-refractivity contribution in [1.82, 2.24) is 10.3 Å². The van der Waals surface area contributed by atoms with E-state index in [4.69, 9.17) is 0 Å². The van der Waals surface area contributed by atoms with E-state index in [0.29, 0.717) is 11.7 Å². The molecule has 1 unspecified atom stereocenters. The first-order valence-corrected chi connectivity index (χ1v) is 7.21. The standard InChI is InChI=1S/C14H14FN3OS/c15-14(6-7-16-9-14)12(19)18-13-17-8-11(20-13)10-4-2-1-3-5-10/h1-5,8,16H,6-7,9H2,(H,17,18,19). The number of thiazole rings is 1. The van der Waals surface area contributed by atoms with E-state index < -0.39 is 11.6 Å². The summed E-state index contributed by atoms with van der Waals surface area (Å²) in [5.41, 5.74) is -0.790. The molecule has 2 N–H and O–H groups in total. The Morgan fingerprint density at radius 3 is 2.90 bits per heavy atom. The molecule has 104 valence electrons. The Morgan fingerprint density at radius 1 is 1.40 bits per heavy atom. The molecule has 1 fully saturated rings. The lowest BCUT2D eigenvalue weighted by Gasteiger charge is -2.15. The molecule has 0 bridgehead atoms. The van der Waals surface area contributed by atoms with Gasteiger partial charge in [0, 0.05) is 19.2 Å². The molecule has 0 radical (unpaired) electrons. The summed E-state index contributed by atoms with van der Waals surface area (Å²) in [5.74, 6) is -0.614. The van der Waals surface area contributed by atoms with Gasteiger partial charge in [-0.05, 0) is 12.1 Å². The molecule has 0 spiro atoms. The van der Waals surface area contributed by atoms with Gasteiger partial charge < -0.3 is 5.32 Å². The molecule has 2 aromatic rings. The molecule has 1 aromatic carbocycles. The van der Waals surface area contributed by atoms with Crippen molar-refractivity contribution >= 4 is 22.4 Å². The van der Waals surface area contributed by atoms with Crippen molar-refractivity contribution in [3.8, 4) is 10.4 Å². The fourth-order valence-corrected chi connectivity index (χ4v) is 2.95. The van der Waals surface area contributed by atoms with E-state index in [9.17, 15) is 9.18 Å². The van der Waals surface area contributed by atoms with Crippen LogP contribution < -0.4 is 10.6 Å². The second-order valence-corrected chi connectivity index (χ2v) is 5.77. The average Bonchev–Trinajstić information content (AvgIpc) is 3.10. The molecule has 20 heavy (non-hydrogen) atoms. The molecule has 1 amide bonds. The number of aromatic nitrogens is 1. The Labute approximate surface area is 120 Å². The summed E-state index contributed by atoms with van der Waals surface area (Å²) in [7, 11) is 0. The van der Waals surface area contributed by atoms with E-state index in [0.717, 1.165) is 10.4 Å². The van der Waals surface area contributed by atoms with Gasteiger partial charge in [-0.15, -0.1) is 0 Å². The van der Waals surface area contributed by atoms with Crippen LogP contribution in [0.3, 0.4) is 0 Å². The first-order chi connectivity index (χ1) is 9.67. The molecule has 2 heterocycles. The van der Waals surface area contributed by atoms with Crippen LogP contribution in [0.15, 0.2) is 36.5 Å². The quantitative estimate of drug-likeness (QED) is 0.913. The van der Waals surface area contributed by atoms with Crippen LogP contribution in [-0.2, 0) is 4.79 Å². The maximum Gasteiger partial charge on any atom is 0.265 e. The summed E-state index contributed by atoms with van der Waals surface area (Å²) in [4.78, 5) is 17.0. The minimum Gasteiger partial charge on any atom is -0.313 e. The number of alkyl halides is 1. The molecule has 1 atom stereocenters. The predicted molar refractivity (Wildman–Crippen MR) is 77.5 cm³/mol. The van der Waals surface area contributed by atoms with Crippen LogP contribution in [0.4, 0.5) is 9.52 Å². The van der Waals surface area contributed by atoms with Crippen LogP contribution in [0.2, 0.25) is 0 Å². The van der Waals surface area contributed by atoms with Gasteiger partial charge in [-0.3, -0.25) is 10.1 Å². The van der Waals surface area contributed by atoms with Gasteiger partial charge >= 0.3 is 0 Å². The molecule has 1 aliphatic rings. The minimum absolute atomic E-state index is 0.0652. The van der Waals surface area contributed by atoms with Crippen LogP contribution in [0.5, 0.6) is 0 Å². The predicted octanol–water partition coefficient (Wildman–Crippen LogP) is 2.45. The molecular formula is C14H14FN3OS. The Kier molecular flexibility index (Phi) is 3.50. The normalized spacial score (nSPS) is 21.9. The van der Waals surface area contributed by atoms with Gasteiger partial charge in [-0.1, -0.05) is 41.7 Å². The summed E-state index contributed by atoms with van der Waals surface area (Å²) in [6.07, 6.45) is 1.89. The van der Waals surface area contributed by atoms with Gasteiger partial charge in [-0.25, -0.2) is 9.37 Å². The number of halogens is 1. The number of nitrogens with zero attached hydrogens (tertiary/aromatic N) is 1. The second-order valence-electron chi connectivity index (χ2n) is 4.74. The van der Waals surface area contributed by atoms with Crippen molar-refractivity contribution in [3.05, 3.63) is 36.5 Å². The van der Waals surface area contributed by atoms with Gasteiger partial charge in [0.05, 0.1) is 4.88 Å². The Morgan fingerprint density at radius 2 is 2.20 bits per heavy atom. The maximum absolute atomic E-state index is 14.2. The van der Waals surface area contributed by atoms with E-state index in [1.807, 2.05) is 30.3 Å². The summed E-state index contributed by atoms with van der Waals surface area (Å²) >= 11 is 1.34. The lowest BCUT2D eigenvalue weighted by Crippen LogP contribution is -2.40. The van der Waals surface area contributed by atoms with Crippen molar-refractivity contribution < 1.29 is 9.18 Å². The van der Waals surface area contributed by atoms with Gasteiger partial charge in [0.2, 0.25) is 5.67 Å². The molecule has 6 heteroatoms. The summed E-state index contributed by atoms with van der Waals surface area (Å²) < 4.78 is 14.2. The zero-order chi connectivity index (χ0) is 14.0. The van der Waals surface area contributed by atoms with E-state index >= 15 is 0 Å². The number of benzene rings is 1. The van der Waals surface area contributed by atoms with Crippen molar-refractivity contribution in [2.24, 2.45) is 0 Å². The molecular weight excluding hydrogens is 277 g/mol. The highest BCUT2D eigenvalue weighted by Crippen LogP contribution is 2.30. The number of carbonyl (C=O) groups is 1. The lowest BCUT2D eigenvalue weighted by molar-refractivity contribution is -0.126. The van der Waals surface area contributed by atoms with E-state index in [1.165, 1.54) is 11.3 Å². The minimum atomic E-state index is -1.82.